The molecule has 0 fully saturated rings. The average Bonchev–Trinajstić information content (AvgIpc) is 2.26. The van der Waals surface area contributed by atoms with Crippen molar-refractivity contribution < 1.29 is 111 Å². The first-order chi connectivity index (χ1) is 8.84. The van der Waals surface area contributed by atoms with Crippen molar-refractivity contribution in [3.8, 4) is 0 Å². The summed E-state index contributed by atoms with van der Waals surface area (Å²) in [6.07, 6.45) is 0. The Morgan fingerprint density at radius 1 is 0.652 bits per heavy atom. The summed E-state index contributed by atoms with van der Waals surface area (Å²) in [6, 6.07) is 0. The minimum atomic E-state index is -2.92. The number of carboxylic acids is 4. The van der Waals surface area contributed by atoms with E-state index in [0.717, 1.165) is 13.8 Å². The first-order valence-corrected chi connectivity index (χ1v) is 4.73. The molecule has 0 atom stereocenters. The van der Waals surface area contributed by atoms with Gasteiger partial charge in [0.2, 0.25) is 0 Å². The molecule has 0 spiro atoms. The van der Waals surface area contributed by atoms with E-state index in [4.69, 9.17) is 35.5 Å². The molecule has 4 N–H and O–H groups in total. The molecular formula is C8H12BLi3O11. The Kier molecular flexibility index (Phi) is 36.0. The zero-order valence-corrected chi connectivity index (χ0v) is 13.4. The van der Waals surface area contributed by atoms with Gasteiger partial charge in [-0.3, -0.25) is 26.5 Å². The normalized spacial score (nSPS) is 7.61. The summed E-state index contributed by atoms with van der Waals surface area (Å²) in [7, 11) is -2.92. The van der Waals surface area contributed by atoms with Crippen LogP contribution in [-0.2, 0) is 19.2 Å². The summed E-state index contributed by atoms with van der Waals surface area (Å²) in [5, 5.41) is 57.1. The minimum Gasteiger partial charge on any atom is -0.907 e. The molecule has 23 heavy (non-hydrogen) atoms. The SMILES string of the molecule is CC(C(=O)O)C(=O)O.CC(C(=O)O)C(=O)O.[Li+].[Li+].[Li+].[O-]B([O-])[O-]. The monoisotopic (exact) mass is 316 g/mol. The fourth-order valence-electron chi connectivity index (χ4n) is 0.211. The zero-order valence-electron chi connectivity index (χ0n) is 13.4. The maximum Gasteiger partial charge on any atom is 1.00 e. The smallest absolute Gasteiger partial charge is 0.907 e. The third kappa shape index (κ3) is 34.1. The Hall–Kier alpha value is -0.383. The molecule has 0 aliphatic carbocycles. The first-order valence-electron chi connectivity index (χ1n) is 4.73. The van der Waals surface area contributed by atoms with Crippen molar-refractivity contribution in [2.45, 2.75) is 13.8 Å². The molecule has 0 unspecified atom stereocenters. The van der Waals surface area contributed by atoms with Gasteiger partial charge in [0.25, 0.3) is 0 Å². The topological polar surface area (TPSA) is 218 Å². The Balaban J connectivity index is -0.0000000464. The molecule has 0 heterocycles. The molecule has 15 heteroatoms. The maximum atomic E-state index is 9.76. The van der Waals surface area contributed by atoms with Crippen LogP contribution in [0.2, 0.25) is 0 Å². The number of carboxylic acid groups (broad SMARTS) is 4. The van der Waals surface area contributed by atoms with Crippen molar-refractivity contribution in [2.24, 2.45) is 11.8 Å². The second-order valence-corrected chi connectivity index (χ2v) is 3.09. The van der Waals surface area contributed by atoms with Crippen molar-refractivity contribution in [1.82, 2.24) is 0 Å². The molecule has 0 aromatic heterocycles. The van der Waals surface area contributed by atoms with Gasteiger partial charge in [0.1, 0.15) is 0 Å². The third-order valence-electron chi connectivity index (χ3n) is 1.48. The van der Waals surface area contributed by atoms with Gasteiger partial charge in [-0.1, -0.05) is 0 Å². The van der Waals surface area contributed by atoms with E-state index < -0.39 is 43.0 Å². The molecular weight excluding hydrogens is 304 g/mol. The van der Waals surface area contributed by atoms with Crippen LogP contribution in [-0.4, -0.2) is 51.6 Å². The largest absolute Gasteiger partial charge is 1.00 e. The van der Waals surface area contributed by atoms with Gasteiger partial charge >= 0.3 is 80.5 Å². The molecule has 0 aliphatic heterocycles. The van der Waals surface area contributed by atoms with Gasteiger partial charge in [-0.15, -0.1) is 0 Å². The molecule has 0 radical (unpaired) electrons. The minimum absolute atomic E-state index is 0. The summed E-state index contributed by atoms with van der Waals surface area (Å²) in [5.74, 6) is -7.82. The first kappa shape index (κ1) is 38.3. The van der Waals surface area contributed by atoms with Crippen LogP contribution in [0.3, 0.4) is 0 Å². The molecule has 0 rings (SSSR count). The number of aliphatic carboxylic acids is 4. The number of carbonyl (C=O) groups is 4. The van der Waals surface area contributed by atoms with Crippen LogP contribution >= 0.6 is 0 Å². The average molecular weight is 316 g/mol. The van der Waals surface area contributed by atoms with E-state index in [2.05, 4.69) is 0 Å². The van der Waals surface area contributed by atoms with Crippen molar-refractivity contribution in [3.05, 3.63) is 0 Å². The molecule has 0 amide bonds. The maximum absolute atomic E-state index is 9.76. The van der Waals surface area contributed by atoms with Crippen LogP contribution in [0, 0.1) is 11.8 Å². The fourth-order valence-corrected chi connectivity index (χ4v) is 0.211. The predicted molar refractivity (Wildman–Crippen MR) is 54.6 cm³/mol. The second-order valence-electron chi connectivity index (χ2n) is 3.09. The summed E-state index contributed by atoms with van der Waals surface area (Å²) in [5.41, 5.74) is 0. The Morgan fingerprint density at radius 3 is 0.739 bits per heavy atom. The van der Waals surface area contributed by atoms with Gasteiger partial charge in [0.05, 0.1) is 0 Å². The number of hydrogen-bond acceptors (Lipinski definition) is 7. The Labute approximate surface area is 167 Å². The molecule has 0 bridgehead atoms. The van der Waals surface area contributed by atoms with Crippen molar-refractivity contribution in [3.63, 3.8) is 0 Å². The second kappa shape index (κ2) is 21.6. The fraction of sp³-hybridized carbons (Fsp3) is 0.500. The van der Waals surface area contributed by atoms with Crippen molar-refractivity contribution in [1.29, 1.82) is 0 Å². The van der Waals surface area contributed by atoms with Gasteiger partial charge in [0, 0.05) is 0 Å². The van der Waals surface area contributed by atoms with Gasteiger partial charge in [0.15, 0.2) is 11.8 Å². The number of hydrogen-bond donors (Lipinski definition) is 4. The molecule has 0 aromatic rings. The van der Waals surface area contributed by atoms with Gasteiger partial charge in [-0.25, -0.2) is 0 Å². The van der Waals surface area contributed by atoms with Crippen LogP contribution in [0.4, 0.5) is 0 Å². The van der Waals surface area contributed by atoms with E-state index in [1.54, 1.807) is 0 Å². The predicted octanol–water partition coefficient (Wildman–Crippen LogP) is -13.4. The molecule has 0 aliphatic rings. The Morgan fingerprint density at radius 2 is 0.739 bits per heavy atom. The summed E-state index contributed by atoms with van der Waals surface area (Å²) in [6.45, 7) is 2.23. The number of rotatable bonds is 4. The van der Waals surface area contributed by atoms with Gasteiger partial charge in [-0.2, -0.15) is 0 Å². The zero-order chi connectivity index (χ0) is 17.0. The van der Waals surface area contributed by atoms with Crippen LogP contribution in [0.1, 0.15) is 13.8 Å². The molecule has 116 valence electrons. The van der Waals surface area contributed by atoms with Crippen LogP contribution in [0.5, 0.6) is 0 Å². The van der Waals surface area contributed by atoms with E-state index >= 15 is 0 Å². The summed E-state index contributed by atoms with van der Waals surface area (Å²) >= 11 is 0. The van der Waals surface area contributed by atoms with E-state index in [0.29, 0.717) is 0 Å². The van der Waals surface area contributed by atoms with Crippen LogP contribution in [0.25, 0.3) is 0 Å². The summed E-state index contributed by atoms with van der Waals surface area (Å²) in [4.78, 5) is 39.0. The van der Waals surface area contributed by atoms with Crippen molar-refractivity contribution in [2.75, 3.05) is 0 Å². The molecule has 11 nitrogen and oxygen atoms in total. The van der Waals surface area contributed by atoms with E-state index in [9.17, 15) is 19.2 Å². The molecule has 0 saturated heterocycles. The summed E-state index contributed by atoms with van der Waals surface area (Å²) < 4.78 is 0. The van der Waals surface area contributed by atoms with E-state index in [1.807, 2.05) is 0 Å². The van der Waals surface area contributed by atoms with Crippen LogP contribution in [0.15, 0.2) is 0 Å². The molecule has 0 aromatic carbocycles. The van der Waals surface area contributed by atoms with Gasteiger partial charge < -0.3 is 35.5 Å². The van der Waals surface area contributed by atoms with Crippen LogP contribution < -0.4 is 71.7 Å². The van der Waals surface area contributed by atoms with Crippen molar-refractivity contribution >= 4 is 31.2 Å². The Bertz CT molecular complexity index is 291. The van der Waals surface area contributed by atoms with Gasteiger partial charge in [-0.05, 0) is 13.8 Å². The standard InChI is InChI=1S/2C4H6O4.BO3.3Li/c2*1-2(3(5)6)4(7)8;2-1(3)4;;;/h2*2H,1H3,(H,5,6)(H,7,8);;;;/q;;-3;3*+1. The van der Waals surface area contributed by atoms with E-state index in [-0.39, 0.29) is 56.6 Å². The third-order valence-corrected chi connectivity index (χ3v) is 1.48. The molecule has 0 saturated carbocycles. The van der Waals surface area contributed by atoms with E-state index in [1.165, 1.54) is 0 Å². The quantitative estimate of drug-likeness (QED) is 0.281.